The Hall–Kier alpha value is -2.41. The van der Waals surface area contributed by atoms with Gasteiger partial charge in [-0.05, 0) is 6.26 Å². The van der Waals surface area contributed by atoms with Gasteiger partial charge in [0.25, 0.3) is 0 Å². The van der Waals surface area contributed by atoms with Gasteiger partial charge in [-0.3, -0.25) is 0 Å². The molecule has 3 aromatic rings. The second-order valence-corrected chi connectivity index (χ2v) is 4.86. The van der Waals surface area contributed by atoms with E-state index in [1.54, 1.807) is 0 Å². The maximum absolute atomic E-state index is 5.98. The van der Waals surface area contributed by atoms with Crippen LogP contribution in [0.4, 0.5) is 11.6 Å². The van der Waals surface area contributed by atoms with Crippen molar-refractivity contribution in [2.75, 3.05) is 17.7 Å². The van der Waals surface area contributed by atoms with E-state index in [4.69, 9.17) is 11.5 Å². The van der Waals surface area contributed by atoms with Gasteiger partial charge in [-0.15, -0.1) is 0 Å². The maximum Gasteiger partial charge on any atom is 0.191 e. The molecule has 4 N–H and O–H groups in total. The summed E-state index contributed by atoms with van der Waals surface area (Å²) in [5.41, 5.74) is 14.3. The summed E-state index contributed by atoms with van der Waals surface area (Å²) in [5, 5.41) is 0.552. The summed E-state index contributed by atoms with van der Waals surface area (Å²) >= 11 is 1.39. The predicted octanol–water partition coefficient (Wildman–Crippen LogP) is 1.97. The standard InChI is InChI=1S/C13H12N6S/c1-20-13-18-11(15)9-12(19-13)17-10(14)8(16-9)7-5-3-2-4-6-7/h2-6H,1H3,(H4,14,15,17,18,19). The molecular formula is C13H12N6S. The van der Waals surface area contributed by atoms with Crippen LogP contribution >= 0.6 is 11.8 Å². The monoisotopic (exact) mass is 284 g/mol. The predicted molar refractivity (Wildman–Crippen MR) is 81.2 cm³/mol. The fraction of sp³-hybridized carbons (Fsp3) is 0.0769. The van der Waals surface area contributed by atoms with Gasteiger partial charge in [0.2, 0.25) is 0 Å². The number of nitrogens with zero attached hydrogens (tertiary/aromatic N) is 4. The molecule has 0 spiro atoms. The molecule has 1 aromatic carbocycles. The van der Waals surface area contributed by atoms with Gasteiger partial charge in [0.05, 0.1) is 0 Å². The van der Waals surface area contributed by atoms with Gasteiger partial charge in [0.1, 0.15) is 5.69 Å². The number of benzene rings is 1. The van der Waals surface area contributed by atoms with Crippen LogP contribution in [0.2, 0.25) is 0 Å². The van der Waals surface area contributed by atoms with Crippen LogP contribution in [0.3, 0.4) is 0 Å². The maximum atomic E-state index is 5.98. The lowest BCUT2D eigenvalue weighted by atomic mass is 10.1. The zero-order valence-electron chi connectivity index (χ0n) is 10.7. The van der Waals surface area contributed by atoms with Crippen molar-refractivity contribution >= 4 is 34.6 Å². The zero-order valence-corrected chi connectivity index (χ0v) is 11.6. The number of aromatic nitrogens is 4. The summed E-state index contributed by atoms with van der Waals surface area (Å²) in [6.07, 6.45) is 1.87. The molecule has 0 amide bonds. The third-order valence-corrected chi connectivity index (χ3v) is 3.34. The molecule has 0 aliphatic carbocycles. The number of anilines is 2. The molecule has 100 valence electrons. The molecule has 0 atom stereocenters. The number of hydrogen-bond donors (Lipinski definition) is 2. The lowest BCUT2D eigenvalue weighted by Crippen LogP contribution is -2.04. The Morgan fingerprint density at radius 1 is 0.900 bits per heavy atom. The Balaban J connectivity index is 2.27. The minimum atomic E-state index is 0.309. The van der Waals surface area contributed by atoms with Gasteiger partial charge in [0.15, 0.2) is 28.0 Å². The van der Waals surface area contributed by atoms with Gasteiger partial charge in [-0.25, -0.2) is 19.9 Å². The first-order valence-electron chi connectivity index (χ1n) is 5.89. The molecule has 0 saturated heterocycles. The molecule has 2 heterocycles. The topological polar surface area (TPSA) is 104 Å². The van der Waals surface area contributed by atoms with Gasteiger partial charge >= 0.3 is 0 Å². The summed E-state index contributed by atoms with van der Waals surface area (Å²) in [7, 11) is 0. The minimum Gasteiger partial charge on any atom is -0.382 e. The second-order valence-electron chi connectivity index (χ2n) is 4.09. The number of thioether (sulfide) groups is 1. The minimum absolute atomic E-state index is 0.309. The van der Waals surface area contributed by atoms with Crippen molar-refractivity contribution in [1.82, 2.24) is 19.9 Å². The quantitative estimate of drug-likeness (QED) is 0.547. The zero-order chi connectivity index (χ0) is 14.1. The summed E-state index contributed by atoms with van der Waals surface area (Å²) in [6.45, 7) is 0. The third-order valence-electron chi connectivity index (χ3n) is 2.79. The highest BCUT2D eigenvalue weighted by atomic mass is 32.2. The average Bonchev–Trinajstić information content (AvgIpc) is 2.47. The lowest BCUT2D eigenvalue weighted by Gasteiger charge is -2.07. The van der Waals surface area contributed by atoms with Crippen LogP contribution in [0.25, 0.3) is 22.4 Å². The van der Waals surface area contributed by atoms with Crippen LogP contribution in [-0.2, 0) is 0 Å². The molecule has 2 aromatic heterocycles. The summed E-state index contributed by atoms with van der Waals surface area (Å²) in [4.78, 5) is 17.2. The number of nitrogens with two attached hydrogens (primary N) is 2. The van der Waals surface area contributed by atoms with Crippen molar-refractivity contribution < 1.29 is 0 Å². The Bertz CT molecular complexity index is 775. The smallest absolute Gasteiger partial charge is 0.191 e. The number of rotatable bonds is 2. The molecule has 20 heavy (non-hydrogen) atoms. The van der Waals surface area contributed by atoms with E-state index in [1.807, 2.05) is 36.6 Å². The van der Waals surface area contributed by atoms with Crippen LogP contribution < -0.4 is 11.5 Å². The molecular weight excluding hydrogens is 272 g/mol. The molecule has 3 rings (SSSR count). The summed E-state index contributed by atoms with van der Waals surface area (Å²) < 4.78 is 0. The van der Waals surface area contributed by atoms with Crippen molar-refractivity contribution in [1.29, 1.82) is 0 Å². The Morgan fingerprint density at radius 2 is 1.65 bits per heavy atom. The number of fused-ring (bicyclic) bond motifs is 1. The molecule has 0 aliphatic heterocycles. The molecule has 6 nitrogen and oxygen atoms in total. The van der Waals surface area contributed by atoms with E-state index in [0.717, 1.165) is 5.56 Å². The Labute approximate surface area is 119 Å². The highest BCUT2D eigenvalue weighted by Crippen LogP contribution is 2.26. The molecule has 0 bridgehead atoms. The summed E-state index contributed by atoms with van der Waals surface area (Å²) in [5.74, 6) is 0.637. The average molecular weight is 284 g/mol. The van der Waals surface area contributed by atoms with Crippen molar-refractivity contribution in [2.45, 2.75) is 5.16 Å². The van der Waals surface area contributed by atoms with Crippen LogP contribution in [0.5, 0.6) is 0 Å². The molecule has 0 fully saturated rings. The Kier molecular flexibility index (Phi) is 3.11. The van der Waals surface area contributed by atoms with Crippen molar-refractivity contribution in [3.8, 4) is 11.3 Å². The SMILES string of the molecule is CSc1nc(N)c2nc(-c3ccccc3)c(N)nc2n1. The largest absolute Gasteiger partial charge is 0.382 e. The first kappa shape index (κ1) is 12.6. The fourth-order valence-corrected chi connectivity index (χ4v) is 2.23. The lowest BCUT2D eigenvalue weighted by molar-refractivity contribution is 0.992. The Morgan fingerprint density at radius 3 is 2.35 bits per heavy atom. The first-order valence-corrected chi connectivity index (χ1v) is 7.11. The number of nitrogen functional groups attached to an aromatic ring is 2. The van der Waals surface area contributed by atoms with Crippen molar-refractivity contribution in [2.24, 2.45) is 0 Å². The van der Waals surface area contributed by atoms with Crippen molar-refractivity contribution in [3.63, 3.8) is 0 Å². The fourth-order valence-electron chi connectivity index (χ4n) is 1.86. The normalized spacial score (nSPS) is 10.8. The highest BCUT2D eigenvalue weighted by Gasteiger charge is 2.13. The van der Waals surface area contributed by atoms with Gasteiger partial charge in [0, 0.05) is 5.56 Å². The van der Waals surface area contributed by atoms with Crippen LogP contribution in [0.1, 0.15) is 0 Å². The first-order chi connectivity index (χ1) is 9.69. The van der Waals surface area contributed by atoms with E-state index in [0.29, 0.717) is 33.6 Å². The van der Waals surface area contributed by atoms with E-state index in [-0.39, 0.29) is 0 Å². The van der Waals surface area contributed by atoms with Crippen LogP contribution in [0, 0.1) is 0 Å². The van der Waals surface area contributed by atoms with E-state index in [9.17, 15) is 0 Å². The summed E-state index contributed by atoms with van der Waals surface area (Å²) in [6, 6.07) is 9.59. The second kappa shape index (κ2) is 4.93. The van der Waals surface area contributed by atoms with Crippen LogP contribution in [0.15, 0.2) is 35.5 Å². The molecule has 0 radical (unpaired) electrons. The van der Waals surface area contributed by atoms with Gasteiger partial charge in [-0.2, -0.15) is 0 Å². The van der Waals surface area contributed by atoms with E-state index in [1.165, 1.54) is 11.8 Å². The van der Waals surface area contributed by atoms with E-state index < -0.39 is 0 Å². The third kappa shape index (κ3) is 2.12. The molecule has 0 saturated carbocycles. The molecule has 0 unspecified atom stereocenters. The number of hydrogen-bond acceptors (Lipinski definition) is 7. The van der Waals surface area contributed by atoms with E-state index in [2.05, 4.69) is 19.9 Å². The highest BCUT2D eigenvalue weighted by molar-refractivity contribution is 7.98. The molecule has 0 aliphatic rings. The van der Waals surface area contributed by atoms with Gasteiger partial charge in [-0.1, -0.05) is 42.1 Å². The van der Waals surface area contributed by atoms with Crippen LogP contribution in [-0.4, -0.2) is 26.2 Å². The molecule has 7 heteroatoms. The van der Waals surface area contributed by atoms with Crippen molar-refractivity contribution in [3.05, 3.63) is 30.3 Å². The van der Waals surface area contributed by atoms with Gasteiger partial charge < -0.3 is 11.5 Å². The van der Waals surface area contributed by atoms with E-state index >= 15 is 0 Å².